The zero-order valence-corrected chi connectivity index (χ0v) is 10.7. The minimum atomic E-state index is -0.561. The average Bonchev–Trinajstić information content (AvgIpc) is 2.42. The van der Waals surface area contributed by atoms with Crippen LogP contribution in [0.25, 0.3) is 0 Å². The van der Waals surface area contributed by atoms with Crippen molar-refractivity contribution in [2.75, 3.05) is 38.7 Å². The van der Waals surface area contributed by atoms with Gasteiger partial charge in [0.05, 0.1) is 11.5 Å². The summed E-state index contributed by atoms with van der Waals surface area (Å²) in [4.78, 5) is 10.1. The van der Waals surface area contributed by atoms with Gasteiger partial charge in [-0.05, 0) is 12.1 Å². The van der Waals surface area contributed by atoms with E-state index in [1.54, 1.807) is 13.2 Å². The fraction of sp³-hybridized carbons (Fsp3) is 0.417. The van der Waals surface area contributed by atoms with E-state index in [0.717, 1.165) is 13.1 Å². The molecule has 7 nitrogen and oxygen atoms in total. The molecule has 102 valence electrons. The van der Waals surface area contributed by atoms with Crippen LogP contribution in [0.2, 0.25) is 0 Å². The predicted molar refractivity (Wildman–Crippen MR) is 71.0 cm³/mol. The Kier molecular flexibility index (Phi) is 6.29. The van der Waals surface area contributed by atoms with E-state index >= 15 is 0 Å². The zero-order chi connectivity index (χ0) is 14.1. The highest BCUT2D eigenvalue weighted by Gasteiger charge is 2.13. The summed E-state index contributed by atoms with van der Waals surface area (Å²) in [5.74, 6) is 0. The van der Waals surface area contributed by atoms with Crippen molar-refractivity contribution < 1.29 is 9.66 Å². The third-order valence-corrected chi connectivity index (χ3v) is 2.43. The van der Waals surface area contributed by atoms with Crippen LogP contribution in [-0.2, 0) is 4.74 Å². The molecule has 1 aromatic carbocycles. The number of hydrogen-bond donors (Lipinski definition) is 2. The second kappa shape index (κ2) is 8.02. The normalized spacial score (nSPS) is 9.89. The lowest BCUT2D eigenvalue weighted by atomic mass is 10.2. The molecule has 1 aromatic rings. The van der Waals surface area contributed by atoms with Gasteiger partial charge in [0.2, 0.25) is 0 Å². The first kappa shape index (κ1) is 14.9. The summed E-state index contributed by atoms with van der Waals surface area (Å²) in [7, 11) is 1.64. The van der Waals surface area contributed by atoms with Gasteiger partial charge in [0.15, 0.2) is 0 Å². The van der Waals surface area contributed by atoms with Crippen molar-refractivity contribution in [1.82, 2.24) is 5.32 Å². The van der Waals surface area contributed by atoms with Gasteiger partial charge in [-0.1, -0.05) is 0 Å². The van der Waals surface area contributed by atoms with Gasteiger partial charge in [-0.25, -0.2) is 0 Å². The van der Waals surface area contributed by atoms with Crippen LogP contribution in [0.15, 0.2) is 18.2 Å². The molecule has 0 fully saturated rings. The van der Waals surface area contributed by atoms with E-state index < -0.39 is 4.92 Å². The summed E-state index contributed by atoms with van der Waals surface area (Å²) in [6.45, 7) is 2.81. The van der Waals surface area contributed by atoms with E-state index in [2.05, 4.69) is 10.6 Å². The maximum absolute atomic E-state index is 10.7. The summed E-state index contributed by atoms with van der Waals surface area (Å²) in [5, 5.41) is 25.8. The molecule has 2 N–H and O–H groups in total. The molecule has 0 aliphatic carbocycles. The Hall–Kier alpha value is -2.17. The van der Waals surface area contributed by atoms with Crippen LogP contribution in [0.5, 0.6) is 0 Å². The molecule has 7 heteroatoms. The third-order valence-electron chi connectivity index (χ3n) is 2.43. The van der Waals surface area contributed by atoms with Gasteiger partial charge < -0.3 is 15.4 Å². The molecule has 0 spiro atoms. The van der Waals surface area contributed by atoms with Crippen LogP contribution in [0.1, 0.15) is 5.56 Å². The van der Waals surface area contributed by atoms with Gasteiger partial charge in [-0.15, -0.1) is 0 Å². The second-order valence-electron chi connectivity index (χ2n) is 3.77. The van der Waals surface area contributed by atoms with Crippen LogP contribution in [-0.4, -0.2) is 38.3 Å². The molecule has 0 saturated carbocycles. The lowest BCUT2D eigenvalue weighted by Crippen LogP contribution is -2.25. The standard InChI is InChI=1S/C12H16N4O3/c1-19-7-6-14-4-5-15-11-2-3-12(16(17)18)10(8-11)9-13/h2-3,8,14-15H,4-7H2,1H3. The molecule has 0 amide bonds. The zero-order valence-electron chi connectivity index (χ0n) is 10.7. The number of nitriles is 1. The van der Waals surface area contributed by atoms with Gasteiger partial charge >= 0.3 is 0 Å². The molecule has 0 aliphatic rings. The monoisotopic (exact) mass is 264 g/mol. The molecule has 0 saturated heterocycles. The summed E-state index contributed by atoms with van der Waals surface area (Å²) < 4.78 is 4.89. The van der Waals surface area contributed by atoms with Crippen molar-refractivity contribution in [3.8, 4) is 6.07 Å². The molecule has 0 heterocycles. The average molecular weight is 264 g/mol. The van der Waals surface area contributed by atoms with Crippen molar-refractivity contribution in [2.24, 2.45) is 0 Å². The summed E-state index contributed by atoms with van der Waals surface area (Å²) in [6, 6.07) is 6.23. The minimum absolute atomic E-state index is 0.0577. The Morgan fingerprint density at radius 1 is 1.42 bits per heavy atom. The molecule has 0 aromatic heterocycles. The highest BCUT2D eigenvalue weighted by atomic mass is 16.6. The van der Waals surface area contributed by atoms with Crippen LogP contribution in [0.3, 0.4) is 0 Å². The van der Waals surface area contributed by atoms with Crippen molar-refractivity contribution in [3.63, 3.8) is 0 Å². The molecule has 0 aliphatic heterocycles. The van der Waals surface area contributed by atoms with E-state index in [1.807, 2.05) is 6.07 Å². The minimum Gasteiger partial charge on any atom is -0.384 e. The number of nitro groups is 1. The lowest BCUT2D eigenvalue weighted by molar-refractivity contribution is -0.385. The van der Waals surface area contributed by atoms with Crippen LogP contribution < -0.4 is 10.6 Å². The summed E-state index contributed by atoms with van der Waals surface area (Å²) in [5.41, 5.74) is 0.573. The van der Waals surface area contributed by atoms with E-state index in [9.17, 15) is 10.1 Å². The van der Waals surface area contributed by atoms with E-state index in [4.69, 9.17) is 10.00 Å². The largest absolute Gasteiger partial charge is 0.384 e. The quantitative estimate of drug-likeness (QED) is 0.414. The Morgan fingerprint density at radius 3 is 2.84 bits per heavy atom. The fourth-order valence-electron chi connectivity index (χ4n) is 1.49. The summed E-state index contributed by atoms with van der Waals surface area (Å²) in [6.07, 6.45) is 0. The number of hydrogen-bond acceptors (Lipinski definition) is 6. The van der Waals surface area contributed by atoms with Crippen LogP contribution >= 0.6 is 0 Å². The van der Waals surface area contributed by atoms with Crippen LogP contribution in [0.4, 0.5) is 11.4 Å². The van der Waals surface area contributed by atoms with Gasteiger partial charge in [-0.2, -0.15) is 5.26 Å². The molecule has 0 bridgehead atoms. The molecule has 19 heavy (non-hydrogen) atoms. The van der Waals surface area contributed by atoms with Crippen LogP contribution in [0, 0.1) is 21.4 Å². The smallest absolute Gasteiger partial charge is 0.287 e. The first-order valence-corrected chi connectivity index (χ1v) is 5.81. The first-order valence-electron chi connectivity index (χ1n) is 5.81. The van der Waals surface area contributed by atoms with Crippen molar-refractivity contribution in [2.45, 2.75) is 0 Å². The second-order valence-corrected chi connectivity index (χ2v) is 3.77. The van der Waals surface area contributed by atoms with Gasteiger partial charge in [-0.3, -0.25) is 10.1 Å². The number of nitro benzene ring substituents is 1. The molecule has 1 rings (SSSR count). The number of nitrogens with one attached hydrogen (secondary N) is 2. The van der Waals surface area contributed by atoms with E-state index in [0.29, 0.717) is 18.8 Å². The van der Waals surface area contributed by atoms with E-state index in [1.165, 1.54) is 12.1 Å². The molecular formula is C12H16N4O3. The Morgan fingerprint density at radius 2 is 2.21 bits per heavy atom. The predicted octanol–water partition coefficient (Wildman–Crippen LogP) is 1.11. The highest BCUT2D eigenvalue weighted by Crippen LogP contribution is 2.21. The Balaban J connectivity index is 2.47. The number of methoxy groups -OCH3 is 1. The number of benzene rings is 1. The third kappa shape index (κ3) is 4.91. The lowest BCUT2D eigenvalue weighted by Gasteiger charge is -2.07. The number of nitrogens with zero attached hydrogens (tertiary/aromatic N) is 2. The fourth-order valence-corrected chi connectivity index (χ4v) is 1.49. The molecule has 0 atom stereocenters. The molecular weight excluding hydrogens is 248 g/mol. The number of ether oxygens (including phenoxy) is 1. The van der Waals surface area contributed by atoms with E-state index in [-0.39, 0.29) is 11.3 Å². The summed E-state index contributed by atoms with van der Waals surface area (Å²) >= 11 is 0. The van der Waals surface area contributed by atoms with Gasteiger partial charge in [0.25, 0.3) is 5.69 Å². The molecule has 0 radical (unpaired) electrons. The topological polar surface area (TPSA) is 100 Å². The van der Waals surface area contributed by atoms with Gasteiger partial charge in [0.1, 0.15) is 11.6 Å². The Labute approximate surface area is 111 Å². The van der Waals surface area contributed by atoms with Crippen molar-refractivity contribution in [3.05, 3.63) is 33.9 Å². The van der Waals surface area contributed by atoms with Crippen molar-refractivity contribution in [1.29, 1.82) is 5.26 Å². The molecule has 0 unspecified atom stereocenters. The number of rotatable bonds is 8. The first-order chi connectivity index (χ1) is 9.19. The van der Waals surface area contributed by atoms with Gasteiger partial charge in [0, 0.05) is 38.5 Å². The SMILES string of the molecule is COCCNCCNc1ccc([N+](=O)[O-])c(C#N)c1. The number of anilines is 1. The maximum atomic E-state index is 10.7. The highest BCUT2D eigenvalue weighted by molar-refractivity contribution is 5.58. The van der Waals surface area contributed by atoms with Crippen molar-refractivity contribution >= 4 is 11.4 Å². The Bertz CT molecular complexity index is 471. The maximum Gasteiger partial charge on any atom is 0.287 e.